The normalized spacial score (nSPS) is 10.5. The van der Waals surface area contributed by atoms with Crippen LogP contribution in [0.3, 0.4) is 0 Å². The van der Waals surface area contributed by atoms with Gasteiger partial charge in [0.25, 0.3) is 5.91 Å². The number of hydrogen-bond acceptors (Lipinski definition) is 2. The number of hydrogen-bond donors (Lipinski definition) is 2. The maximum atomic E-state index is 12.2. The first-order valence-corrected chi connectivity index (χ1v) is 8.37. The second kappa shape index (κ2) is 7.07. The van der Waals surface area contributed by atoms with Crippen molar-refractivity contribution in [2.45, 2.75) is 0 Å². The van der Waals surface area contributed by atoms with Gasteiger partial charge in [-0.15, -0.1) is 0 Å². The highest BCUT2D eigenvalue weighted by Gasteiger charge is 2.07. The Morgan fingerprint density at radius 1 is 0.769 bits per heavy atom. The molecule has 26 heavy (non-hydrogen) atoms. The lowest BCUT2D eigenvalue weighted by molar-refractivity contribution is 0.102. The van der Waals surface area contributed by atoms with Gasteiger partial charge in [0.15, 0.2) is 0 Å². The summed E-state index contributed by atoms with van der Waals surface area (Å²) >= 11 is 0. The van der Waals surface area contributed by atoms with E-state index in [1.54, 1.807) is 12.1 Å². The summed E-state index contributed by atoms with van der Waals surface area (Å²) in [5, 5.41) is 10.4. The fraction of sp³-hybridized carbons (Fsp3) is 0. The summed E-state index contributed by atoms with van der Waals surface area (Å²) in [6, 6.07) is 28.9. The molecule has 0 saturated heterocycles. The Bertz CT molecular complexity index is 1010. The predicted molar refractivity (Wildman–Crippen MR) is 104 cm³/mol. The molecule has 0 atom stereocenters. The molecule has 1 heterocycles. The fourth-order valence-electron chi connectivity index (χ4n) is 2.75. The van der Waals surface area contributed by atoms with Gasteiger partial charge in [-0.05, 0) is 35.9 Å². The molecule has 0 unspecified atom stereocenters. The molecule has 0 aliphatic rings. The minimum absolute atomic E-state index is 0.119. The van der Waals surface area contributed by atoms with Gasteiger partial charge in [0.05, 0.1) is 11.4 Å². The summed E-state index contributed by atoms with van der Waals surface area (Å²) in [6.07, 6.45) is 0. The molecule has 2 N–H and O–H groups in total. The molecule has 126 valence electrons. The van der Waals surface area contributed by atoms with E-state index >= 15 is 0 Å². The average Bonchev–Trinajstić information content (AvgIpc) is 3.20. The van der Waals surface area contributed by atoms with Crippen molar-refractivity contribution in [2.75, 3.05) is 5.32 Å². The van der Waals surface area contributed by atoms with Crippen LogP contribution in [0.4, 0.5) is 5.69 Å². The molecule has 4 heteroatoms. The summed E-state index contributed by atoms with van der Waals surface area (Å²) in [5.41, 5.74) is 5.31. The number of nitrogens with zero attached hydrogens (tertiary/aromatic N) is 1. The second-order valence-corrected chi connectivity index (χ2v) is 5.93. The number of carbonyl (C=O) groups excluding carboxylic acids is 1. The van der Waals surface area contributed by atoms with Gasteiger partial charge in [0.2, 0.25) is 0 Å². The van der Waals surface area contributed by atoms with E-state index in [9.17, 15) is 4.79 Å². The Morgan fingerprint density at radius 2 is 1.42 bits per heavy atom. The molecule has 4 nitrogen and oxygen atoms in total. The third kappa shape index (κ3) is 3.39. The second-order valence-electron chi connectivity index (χ2n) is 5.93. The molecule has 4 aromatic rings. The Balaban J connectivity index is 1.50. The van der Waals surface area contributed by atoms with Crippen molar-refractivity contribution < 1.29 is 4.79 Å². The largest absolute Gasteiger partial charge is 0.322 e. The van der Waals surface area contributed by atoms with Crippen LogP contribution in [-0.2, 0) is 0 Å². The predicted octanol–water partition coefficient (Wildman–Crippen LogP) is 5.00. The molecular weight excluding hydrogens is 322 g/mol. The van der Waals surface area contributed by atoms with Crippen molar-refractivity contribution in [1.29, 1.82) is 0 Å². The molecule has 1 aromatic heterocycles. The fourth-order valence-corrected chi connectivity index (χ4v) is 2.75. The lowest BCUT2D eigenvalue weighted by Gasteiger charge is -2.06. The highest BCUT2D eigenvalue weighted by molar-refractivity contribution is 6.04. The average molecular weight is 339 g/mol. The molecule has 0 radical (unpaired) electrons. The van der Waals surface area contributed by atoms with Crippen LogP contribution in [0.15, 0.2) is 91.0 Å². The van der Waals surface area contributed by atoms with Gasteiger partial charge in [-0.3, -0.25) is 9.89 Å². The van der Waals surface area contributed by atoms with Gasteiger partial charge < -0.3 is 5.32 Å². The van der Waals surface area contributed by atoms with E-state index in [0.717, 1.165) is 28.2 Å². The van der Waals surface area contributed by atoms with Gasteiger partial charge in [0.1, 0.15) is 0 Å². The van der Waals surface area contributed by atoms with Crippen LogP contribution in [0.5, 0.6) is 0 Å². The van der Waals surface area contributed by atoms with Gasteiger partial charge in [-0.1, -0.05) is 60.7 Å². The van der Waals surface area contributed by atoms with Crippen molar-refractivity contribution in [1.82, 2.24) is 10.2 Å². The number of rotatable bonds is 4. The van der Waals surface area contributed by atoms with E-state index in [1.807, 2.05) is 78.9 Å². The maximum Gasteiger partial charge on any atom is 0.255 e. The standard InChI is InChI=1S/C22H17N3O/c26-22(18-9-5-2-6-10-18)23-19-13-11-17(12-14-19)21-15-20(24-25-21)16-7-3-1-4-8-16/h1-15H,(H,23,26)(H,24,25). The number of H-pyrrole nitrogens is 1. The third-order valence-electron chi connectivity index (χ3n) is 4.14. The number of anilines is 1. The van der Waals surface area contributed by atoms with Crippen LogP contribution in [0.25, 0.3) is 22.5 Å². The minimum atomic E-state index is -0.119. The smallest absolute Gasteiger partial charge is 0.255 e. The Morgan fingerprint density at radius 3 is 2.12 bits per heavy atom. The van der Waals surface area contributed by atoms with Crippen LogP contribution < -0.4 is 5.32 Å². The lowest BCUT2D eigenvalue weighted by Crippen LogP contribution is -2.11. The quantitative estimate of drug-likeness (QED) is 0.550. The number of amides is 1. The van der Waals surface area contributed by atoms with E-state index < -0.39 is 0 Å². The van der Waals surface area contributed by atoms with E-state index in [2.05, 4.69) is 15.5 Å². The van der Waals surface area contributed by atoms with E-state index in [-0.39, 0.29) is 5.91 Å². The maximum absolute atomic E-state index is 12.2. The summed E-state index contributed by atoms with van der Waals surface area (Å²) in [6.45, 7) is 0. The zero-order valence-corrected chi connectivity index (χ0v) is 14.0. The van der Waals surface area contributed by atoms with Gasteiger partial charge >= 0.3 is 0 Å². The highest BCUT2D eigenvalue weighted by atomic mass is 16.1. The summed E-state index contributed by atoms with van der Waals surface area (Å²) in [4.78, 5) is 12.2. The third-order valence-corrected chi connectivity index (χ3v) is 4.14. The summed E-state index contributed by atoms with van der Waals surface area (Å²) < 4.78 is 0. The van der Waals surface area contributed by atoms with Crippen LogP contribution >= 0.6 is 0 Å². The van der Waals surface area contributed by atoms with Crippen LogP contribution in [0.1, 0.15) is 10.4 Å². The molecular formula is C22H17N3O. The van der Waals surface area contributed by atoms with E-state index in [4.69, 9.17) is 0 Å². The molecule has 0 aliphatic heterocycles. The monoisotopic (exact) mass is 339 g/mol. The molecule has 1 amide bonds. The Hall–Kier alpha value is -3.66. The summed E-state index contributed by atoms with van der Waals surface area (Å²) in [7, 11) is 0. The lowest BCUT2D eigenvalue weighted by atomic mass is 10.1. The number of aromatic amines is 1. The van der Waals surface area contributed by atoms with Crippen molar-refractivity contribution in [2.24, 2.45) is 0 Å². The zero-order chi connectivity index (χ0) is 17.8. The first-order chi connectivity index (χ1) is 12.8. The van der Waals surface area contributed by atoms with Gasteiger partial charge in [-0.25, -0.2) is 0 Å². The number of nitrogens with one attached hydrogen (secondary N) is 2. The topological polar surface area (TPSA) is 57.8 Å². The van der Waals surface area contributed by atoms with Crippen molar-refractivity contribution >= 4 is 11.6 Å². The van der Waals surface area contributed by atoms with Crippen molar-refractivity contribution in [3.8, 4) is 22.5 Å². The molecule has 3 aromatic carbocycles. The Labute approximate surface area is 151 Å². The highest BCUT2D eigenvalue weighted by Crippen LogP contribution is 2.24. The van der Waals surface area contributed by atoms with Gasteiger partial charge in [0, 0.05) is 16.8 Å². The molecule has 0 bridgehead atoms. The number of benzene rings is 3. The first-order valence-electron chi connectivity index (χ1n) is 8.37. The van der Waals surface area contributed by atoms with Gasteiger partial charge in [-0.2, -0.15) is 5.10 Å². The molecule has 0 spiro atoms. The minimum Gasteiger partial charge on any atom is -0.322 e. The van der Waals surface area contributed by atoms with Crippen molar-refractivity contribution in [3.05, 3.63) is 96.6 Å². The van der Waals surface area contributed by atoms with Crippen LogP contribution in [-0.4, -0.2) is 16.1 Å². The van der Waals surface area contributed by atoms with Crippen LogP contribution in [0, 0.1) is 0 Å². The molecule has 0 fully saturated rings. The zero-order valence-electron chi connectivity index (χ0n) is 14.0. The summed E-state index contributed by atoms with van der Waals surface area (Å²) in [5.74, 6) is -0.119. The molecule has 0 saturated carbocycles. The molecule has 0 aliphatic carbocycles. The van der Waals surface area contributed by atoms with E-state index in [1.165, 1.54) is 0 Å². The van der Waals surface area contributed by atoms with Crippen molar-refractivity contribution in [3.63, 3.8) is 0 Å². The number of carbonyl (C=O) groups is 1. The van der Waals surface area contributed by atoms with Crippen LogP contribution in [0.2, 0.25) is 0 Å². The SMILES string of the molecule is O=C(Nc1ccc(-c2cc(-c3ccccc3)n[nH]2)cc1)c1ccccc1. The number of aromatic nitrogens is 2. The first kappa shape index (κ1) is 15.8. The molecule has 4 rings (SSSR count). The Kier molecular flexibility index (Phi) is 4.31. The van der Waals surface area contributed by atoms with E-state index in [0.29, 0.717) is 5.56 Å².